The molecule has 0 aliphatic carbocycles. The topological polar surface area (TPSA) is 201 Å². The van der Waals surface area contributed by atoms with Crippen LogP contribution >= 0.6 is 22.6 Å². The lowest BCUT2D eigenvalue weighted by molar-refractivity contribution is -0.385. The molecule has 0 heterocycles. The highest BCUT2D eigenvalue weighted by Gasteiger charge is 2.23. The smallest absolute Gasteiger partial charge is 0.339 e. The van der Waals surface area contributed by atoms with E-state index in [1.165, 1.54) is 44.6 Å². The molecule has 0 saturated heterocycles. The molecule has 0 radical (unpaired) electrons. The first-order valence-electron chi connectivity index (χ1n) is 10.7. The van der Waals surface area contributed by atoms with Crippen molar-refractivity contribution in [3.8, 4) is 23.3 Å². The molecule has 0 unspecified atom stereocenters. The summed E-state index contributed by atoms with van der Waals surface area (Å²) in [4.78, 5) is 33.1. The molecule has 3 aromatic rings. The summed E-state index contributed by atoms with van der Waals surface area (Å²) < 4.78 is 41.4. The number of hydrogen-bond acceptors (Lipinski definition) is 11. The number of nitrogens with one attached hydrogen (secondary N) is 1. The lowest BCUT2D eigenvalue weighted by atomic mass is 10.1. The van der Waals surface area contributed by atoms with E-state index in [2.05, 4.69) is 5.32 Å². The van der Waals surface area contributed by atoms with Crippen molar-refractivity contribution >= 4 is 61.8 Å². The van der Waals surface area contributed by atoms with Gasteiger partial charge in [0.15, 0.2) is 11.5 Å². The van der Waals surface area contributed by atoms with Crippen molar-refractivity contribution in [1.29, 1.82) is 5.26 Å². The molecule has 14 nitrogen and oxygen atoms in total. The van der Waals surface area contributed by atoms with Gasteiger partial charge in [-0.2, -0.15) is 13.7 Å². The number of ether oxygens (including phenoxy) is 2. The average Bonchev–Trinajstić information content (AvgIpc) is 2.92. The van der Waals surface area contributed by atoms with Crippen LogP contribution < -0.4 is 19.0 Å². The third-order valence-corrected chi connectivity index (χ3v) is 7.14. The summed E-state index contributed by atoms with van der Waals surface area (Å²) in [6, 6.07) is 12.1. The van der Waals surface area contributed by atoms with Gasteiger partial charge < -0.3 is 19.0 Å². The van der Waals surface area contributed by atoms with Crippen molar-refractivity contribution in [2.75, 3.05) is 19.5 Å². The molecular formula is C24H17IN4O10S. The van der Waals surface area contributed by atoms with Gasteiger partial charge in [-0.15, -0.1) is 0 Å². The number of nitro groups is 2. The number of nitrogens with zero attached hydrogens (tertiary/aromatic N) is 3. The molecule has 0 saturated carbocycles. The number of benzene rings is 3. The number of carbonyl (C=O) groups excluding carboxylic acids is 1. The predicted octanol–water partition coefficient (Wildman–Crippen LogP) is 4.44. The molecule has 40 heavy (non-hydrogen) atoms. The molecule has 0 spiro atoms. The lowest BCUT2D eigenvalue weighted by Crippen LogP contribution is -2.14. The predicted molar refractivity (Wildman–Crippen MR) is 148 cm³/mol. The van der Waals surface area contributed by atoms with Gasteiger partial charge in [-0.1, -0.05) is 0 Å². The minimum absolute atomic E-state index is 0.0322. The zero-order valence-electron chi connectivity index (χ0n) is 20.5. The van der Waals surface area contributed by atoms with Crippen LogP contribution in [0.5, 0.6) is 17.2 Å². The van der Waals surface area contributed by atoms with Crippen LogP contribution in [0.2, 0.25) is 0 Å². The molecule has 16 heteroatoms. The van der Waals surface area contributed by atoms with Gasteiger partial charge in [0.05, 0.1) is 33.3 Å². The normalized spacial score (nSPS) is 11.2. The van der Waals surface area contributed by atoms with Crippen LogP contribution in [0.3, 0.4) is 0 Å². The van der Waals surface area contributed by atoms with Crippen molar-refractivity contribution in [2.24, 2.45) is 0 Å². The fourth-order valence-corrected chi connectivity index (χ4v) is 5.05. The fourth-order valence-electron chi connectivity index (χ4n) is 3.21. The number of rotatable bonds is 10. The van der Waals surface area contributed by atoms with Crippen LogP contribution in [0.15, 0.2) is 65.1 Å². The first-order chi connectivity index (χ1) is 18.9. The number of amides is 1. The second kappa shape index (κ2) is 12.4. The van der Waals surface area contributed by atoms with Crippen LogP contribution in [0.25, 0.3) is 6.08 Å². The number of methoxy groups -OCH3 is 2. The van der Waals surface area contributed by atoms with E-state index in [0.717, 1.165) is 30.3 Å². The number of anilines is 1. The van der Waals surface area contributed by atoms with E-state index in [9.17, 15) is 38.7 Å². The summed E-state index contributed by atoms with van der Waals surface area (Å²) in [5, 5.41) is 33.9. The molecule has 0 aromatic heterocycles. The van der Waals surface area contributed by atoms with E-state index in [4.69, 9.17) is 13.7 Å². The monoisotopic (exact) mass is 680 g/mol. The minimum Gasteiger partial charge on any atom is -0.495 e. The van der Waals surface area contributed by atoms with Crippen molar-refractivity contribution in [2.45, 2.75) is 4.90 Å². The van der Waals surface area contributed by atoms with Crippen LogP contribution in [-0.2, 0) is 14.9 Å². The number of carbonyl (C=O) groups is 1. The highest BCUT2D eigenvalue weighted by molar-refractivity contribution is 14.1. The van der Waals surface area contributed by atoms with Crippen molar-refractivity contribution in [1.82, 2.24) is 0 Å². The Morgan fingerprint density at radius 3 is 2.12 bits per heavy atom. The van der Waals surface area contributed by atoms with Crippen LogP contribution in [0.1, 0.15) is 5.56 Å². The van der Waals surface area contributed by atoms with Gasteiger partial charge in [0.25, 0.3) is 17.3 Å². The maximum atomic E-state index is 12.8. The molecule has 3 rings (SSSR count). The van der Waals surface area contributed by atoms with Crippen molar-refractivity contribution < 1.29 is 36.7 Å². The summed E-state index contributed by atoms with van der Waals surface area (Å²) >= 11 is 1.77. The third-order valence-electron chi connectivity index (χ3n) is 5.10. The molecule has 0 aliphatic heterocycles. The Bertz CT molecular complexity index is 1680. The third kappa shape index (κ3) is 6.81. The zero-order chi connectivity index (χ0) is 29.6. The Kier molecular flexibility index (Phi) is 9.23. The summed E-state index contributed by atoms with van der Waals surface area (Å²) in [5.41, 5.74) is -0.770. The number of nitriles is 1. The second-order valence-electron chi connectivity index (χ2n) is 7.59. The SMILES string of the molecule is COc1ccc([N+](=O)[O-])cc1NC(=O)/C(C#N)=C/c1cc(I)c(OS(=O)(=O)c2ccc([N+](=O)[O-])cc2)c(OC)c1. The Morgan fingerprint density at radius 1 is 0.975 bits per heavy atom. The molecule has 1 amide bonds. The lowest BCUT2D eigenvalue weighted by Gasteiger charge is -2.14. The van der Waals surface area contributed by atoms with E-state index in [1.807, 2.05) is 0 Å². The van der Waals surface area contributed by atoms with Gasteiger partial charge in [-0.3, -0.25) is 25.0 Å². The average molecular weight is 680 g/mol. The first kappa shape index (κ1) is 29.8. The molecule has 0 fully saturated rings. The fraction of sp³-hybridized carbons (Fsp3) is 0.0833. The molecule has 3 aromatic carbocycles. The quantitative estimate of drug-likeness (QED) is 0.0793. The van der Waals surface area contributed by atoms with Gasteiger partial charge in [0.2, 0.25) is 0 Å². The van der Waals surface area contributed by atoms with E-state index in [0.29, 0.717) is 0 Å². The first-order valence-corrected chi connectivity index (χ1v) is 13.2. The van der Waals surface area contributed by atoms with Crippen LogP contribution in [-0.4, -0.2) is 38.4 Å². The number of non-ortho nitro benzene ring substituents is 2. The van der Waals surface area contributed by atoms with Gasteiger partial charge in [-0.25, -0.2) is 0 Å². The Hall–Kier alpha value is -4.76. The van der Waals surface area contributed by atoms with E-state index < -0.39 is 31.4 Å². The highest BCUT2D eigenvalue weighted by Crippen LogP contribution is 2.37. The number of halogens is 1. The van der Waals surface area contributed by atoms with E-state index in [1.54, 1.807) is 28.7 Å². The summed E-state index contributed by atoms with van der Waals surface area (Å²) in [6.07, 6.45) is 1.19. The summed E-state index contributed by atoms with van der Waals surface area (Å²) in [6.45, 7) is 0. The molecule has 1 N–H and O–H groups in total. The van der Waals surface area contributed by atoms with Gasteiger partial charge in [0, 0.05) is 24.3 Å². The van der Waals surface area contributed by atoms with Gasteiger partial charge >= 0.3 is 10.1 Å². The number of hydrogen-bond donors (Lipinski definition) is 1. The van der Waals surface area contributed by atoms with Gasteiger partial charge in [-0.05, 0) is 64.6 Å². The van der Waals surface area contributed by atoms with Crippen LogP contribution in [0, 0.1) is 35.1 Å². The van der Waals surface area contributed by atoms with Gasteiger partial charge in [0.1, 0.15) is 22.3 Å². The maximum Gasteiger partial charge on any atom is 0.339 e. The highest BCUT2D eigenvalue weighted by atomic mass is 127. The molecule has 0 aliphatic rings. The number of nitro benzene ring substituents is 2. The Labute approximate surface area is 240 Å². The zero-order valence-corrected chi connectivity index (χ0v) is 23.5. The maximum absolute atomic E-state index is 12.8. The second-order valence-corrected chi connectivity index (χ2v) is 10.3. The minimum atomic E-state index is -4.41. The molecule has 0 bridgehead atoms. The van der Waals surface area contributed by atoms with E-state index in [-0.39, 0.29) is 48.3 Å². The molecule has 206 valence electrons. The van der Waals surface area contributed by atoms with Crippen LogP contribution in [0.4, 0.5) is 17.1 Å². The molecule has 0 atom stereocenters. The largest absolute Gasteiger partial charge is 0.495 e. The standard InChI is InChI=1S/C24H17IN4O10S/c1-37-21-8-5-17(29(33)34)12-20(21)27-24(30)15(13-26)9-14-10-19(25)23(22(11-14)38-2)39-40(35,36)18-6-3-16(4-7-18)28(31)32/h3-12H,1-2H3,(H,27,30)/b15-9+. The Balaban J connectivity index is 1.92. The van der Waals surface area contributed by atoms with E-state index >= 15 is 0 Å². The summed E-state index contributed by atoms with van der Waals surface area (Å²) in [7, 11) is -1.86. The van der Waals surface area contributed by atoms with Crippen molar-refractivity contribution in [3.63, 3.8) is 0 Å². The molecular weight excluding hydrogens is 663 g/mol. The van der Waals surface area contributed by atoms with Crippen molar-refractivity contribution in [3.05, 3.63) is 89.5 Å². The Morgan fingerprint density at radius 2 is 1.57 bits per heavy atom. The summed E-state index contributed by atoms with van der Waals surface area (Å²) in [5.74, 6) is -1.01.